The van der Waals surface area contributed by atoms with E-state index in [1.54, 1.807) is 14.2 Å². The lowest BCUT2D eigenvalue weighted by atomic mass is 9.78. The van der Waals surface area contributed by atoms with E-state index in [1.165, 1.54) is 6.42 Å². The minimum absolute atomic E-state index is 0. The van der Waals surface area contributed by atoms with Crippen LogP contribution in [0.1, 0.15) is 39.2 Å². The fourth-order valence-corrected chi connectivity index (χ4v) is 4.05. The standard InChI is InChI=1S/C20H32BrN3O2.HI/c1-20(2,3)18-15(7-6-10-26-18)13-24-19(22-4)23-12-14-8-9-17(25-5)16(21)11-14;/h8-9,11,15,18H,6-7,10,12-13H2,1-5H3,(H2,22,23,24);1H. The Bertz CT molecular complexity index is 620. The third-order valence-corrected chi connectivity index (χ3v) is 5.35. The van der Waals surface area contributed by atoms with Crippen LogP contribution in [0.4, 0.5) is 0 Å². The van der Waals surface area contributed by atoms with Crippen LogP contribution in [0.5, 0.6) is 5.75 Å². The Morgan fingerprint density at radius 2 is 2.07 bits per heavy atom. The molecule has 154 valence electrons. The lowest BCUT2D eigenvalue weighted by molar-refractivity contribution is -0.0835. The first-order chi connectivity index (χ1) is 12.3. The van der Waals surface area contributed by atoms with E-state index in [0.29, 0.717) is 12.5 Å². The van der Waals surface area contributed by atoms with E-state index < -0.39 is 0 Å². The lowest BCUT2D eigenvalue weighted by Crippen LogP contribution is -2.47. The zero-order chi connectivity index (χ0) is 19.2. The monoisotopic (exact) mass is 553 g/mol. The largest absolute Gasteiger partial charge is 0.496 e. The molecular weight excluding hydrogens is 521 g/mol. The molecule has 2 unspecified atom stereocenters. The van der Waals surface area contributed by atoms with Gasteiger partial charge in [0.05, 0.1) is 17.7 Å². The van der Waals surface area contributed by atoms with Crippen molar-refractivity contribution in [2.75, 3.05) is 27.3 Å². The highest BCUT2D eigenvalue weighted by molar-refractivity contribution is 14.0. The van der Waals surface area contributed by atoms with Crippen molar-refractivity contribution in [1.82, 2.24) is 10.6 Å². The molecule has 2 N–H and O–H groups in total. The van der Waals surface area contributed by atoms with Crippen LogP contribution in [0, 0.1) is 11.3 Å². The molecule has 1 saturated heterocycles. The van der Waals surface area contributed by atoms with Gasteiger partial charge in [-0.05, 0) is 51.9 Å². The van der Waals surface area contributed by atoms with Gasteiger partial charge in [-0.3, -0.25) is 4.99 Å². The van der Waals surface area contributed by atoms with Gasteiger partial charge < -0.3 is 20.1 Å². The Morgan fingerprint density at radius 1 is 1.33 bits per heavy atom. The van der Waals surface area contributed by atoms with Gasteiger partial charge in [-0.25, -0.2) is 0 Å². The van der Waals surface area contributed by atoms with Crippen LogP contribution in [0.3, 0.4) is 0 Å². The summed E-state index contributed by atoms with van der Waals surface area (Å²) in [4.78, 5) is 4.35. The maximum absolute atomic E-state index is 6.07. The van der Waals surface area contributed by atoms with Crippen LogP contribution in [-0.2, 0) is 11.3 Å². The molecule has 1 heterocycles. The van der Waals surface area contributed by atoms with Crippen molar-refractivity contribution in [3.63, 3.8) is 0 Å². The maximum atomic E-state index is 6.07. The second-order valence-electron chi connectivity index (χ2n) is 7.84. The zero-order valence-corrected chi connectivity index (χ0v) is 20.9. The molecule has 0 spiro atoms. The quantitative estimate of drug-likeness (QED) is 0.318. The number of ether oxygens (including phenoxy) is 2. The van der Waals surface area contributed by atoms with Crippen LogP contribution in [0.25, 0.3) is 0 Å². The first-order valence-electron chi connectivity index (χ1n) is 9.23. The van der Waals surface area contributed by atoms with Crippen molar-refractivity contribution < 1.29 is 9.47 Å². The fraction of sp³-hybridized carbons (Fsp3) is 0.650. The van der Waals surface area contributed by atoms with Gasteiger partial charge in [-0.1, -0.05) is 26.8 Å². The van der Waals surface area contributed by atoms with Crippen molar-refractivity contribution in [3.05, 3.63) is 28.2 Å². The van der Waals surface area contributed by atoms with Crippen LogP contribution in [0.2, 0.25) is 0 Å². The van der Waals surface area contributed by atoms with Crippen molar-refractivity contribution in [2.24, 2.45) is 16.3 Å². The third kappa shape index (κ3) is 7.42. The molecule has 0 aromatic heterocycles. The van der Waals surface area contributed by atoms with Crippen molar-refractivity contribution in [2.45, 2.75) is 46.3 Å². The Hall–Kier alpha value is -0.540. The first-order valence-corrected chi connectivity index (χ1v) is 10.0. The molecule has 0 saturated carbocycles. The van der Waals surface area contributed by atoms with E-state index in [0.717, 1.165) is 41.3 Å². The van der Waals surface area contributed by atoms with Crippen molar-refractivity contribution in [3.8, 4) is 5.75 Å². The normalized spacial score (nSPS) is 20.6. The third-order valence-electron chi connectivity index (χ3n) is 4.73. The minimum atomic E-state index is 0. The molecular formula is C20H33BrIN3O2. The van der Waals surface area contributed by atoms with Gasteiger partial charge in [-0.2, -0.15) is 0 Å². The number of methoxy groups -OCH3 is 1. The summed E-state index contributed by atoms with van der Waals surface area (Å²) in [6.45, 7) is 9.21. The summed E-state index contributed by atoms with van der Waals surface area (Å²) in [5.41, 5.74) is 1.31. The van der Waals surface area contributed by atoms with Crippen LogP contribution >= 0.6 is 39.9 Å². The smallest absolute Gasteiger partial charge is 0.191 e. The van der Waals surface area contributed by atoms with Gasteiger partial charge >= 0.3 is 0 Å². The van der Waals surface area contributed by atoms with E-state index in [4.69, 9.17) is 9.47 Å². The molecule has 0 amide bonds. The number of aliphatic imine (C=N–C) groups is 1. The second kappa shape index (κ2) is 11.5. The van der Waals surface area contributed by atoms with Gasteiger partial charge in [0.25, 0.3) is 0 Å². The van der Waals surface area contributed by atoms with Crippen LogP contribution < -0.4 is 15.4 Å². The second-order valence-corrected chi connectivity index (χ2v) is 8.69. The highest BCUT2D eigenvalue weighted by atomic mass is 127. The Labute approximate surface area is 189 Å². The maximum Gasteiger partial charge on any atom is 0.191 e. The number of nitrogens with one attached hydrogen (secondary N) is 2. The summed E-state index contributed by atoms with van der Waals surface area (Å²) in [6.07, 6.45) is 2.60. The summed E-state index contributed by atoms with van der Waals surface area (Å²) in [7, 11) is 3.47. The van der Waals surface area contributed by atoms with E-state index in [-0.39, 0.29) is 35.5 Å². The number of halogens is 2. The molecule has 7 heteroatoms. The number of rotatable bonds is 5. The fourth-order valence-electron chi connectivity index (χ4n) is 3.46. The van der Waals surface area contributed by atoms with Gasteiger partial charge in [-0.15, -0.1) is 24.0 Å². The molecule has 1 aliphatic heterocycles. The first kappa shape index (κ1) is 24.5. The summed E-state index contributed by atoms with van der Waals surface area (Å²) in [5, 5.41) is 6.85. The van der Waals surface area contributed by atoms with E-state index in [1.807, 2.05) is 6.07 Å². The van der Waals surface area contributed by atoms with Crippen molar-refractivity contribution in [1.29, 1.82) is 0 Å². The summed E-state index contributed by atoms with van der Waals surface area (Å²) in [5.74, 6) is 2.15. The molecule has 1 fully saturated rings. The number of guanidine groups is 1. The highest BCUT2D eigenvalue weighted by Crippen LogP contribution is 2.33. The van der Waals surface area contributed by atoms with E-state index in [2.05, 4.69) is 64.5 Å². The van der Waals surface area contributed by atoms with E-state index >= 15 is 0 Å². The number of benzene rings is 1. The molecule has 1 aromatic carbocycles. The van der Waals surface area contributed by atoms with Gasteiger partial charge in [0, 0.05) is 32.7 Å². The molecule has 1 aromatic rings. The summed E-state index contributed by atoms with van der Waals surface area (Å²) < 4.78 is 12.3. The molecule has 0 bridgehead atoms. The number of hydrogen-bond donors (Lipinski definition) is 2. The molecule has 5 nitrogen and oxygen atoms in total. The van der Waals surface area contributed by atoms with Gasteiger partial charge in [0.2, 0.25) is 0 Å². The average molecular weight is 554 g/mol. The summed E-state index contributed by atoms with van der Waals surface area (Å²) in [6, 6.07) is 6.07. The predicted octanol–water partition coefficient (Wildman–Crippen LogP) is 4.58. The minimum Gasteiger partial charge on any atom is -0.496 e. The molecule has 2 atom stereocenters. The average Bonchev–Trinajstić information content (AvgIpc) is 2.61. The molecule has 0 aliphatic carbocycles. The topological polar surface area (TPSA) is 54.9 Å². The highest BCUT2D eigenvalue weighted by Gasteiger charge is 2.35. The molecule has 0 radical (unpaired) electrons. The SMILES string of the molecule is CN=C(NCc1ccc(OC)c(Br)c1)NCC1CCCOC1C(C)(C)C.I. The van der Waals surface area contributed by atoms with Gasteiger partial charge in [0.15, 0.2) is 5.96 Å². The summed E-state index contributed by atoms with van der Waals surface area (Å²) >= 11 is 3.53. The predicted molar refractivity (Wildman–Crippen MR) is 126 cm³/mol. The molecule has 2 rings (SSSR count). The number of nitrogens with zero attached hydrogens (tertiary/aromatic N) is 1. The molecule has 27 heavy (non-hydrogen) atoms. The zero-order valence-electron chi connectivity index (χ0n) is 17.0. The van der Waals surface area contributed by atoms with Gasteiger partial charge in [0.1, 0.15) is 5.75 Å². The van der Waals surface area contributed by atoms with E-state index in [9.17, 15) is 0 Å². The van der Waals surface area contributed by atoms with Crippen LogP contribution in [0.15, 0.2) is 27.7 Å². The Kier molecular flexibility index (Phi) is 10.4. The molecule has 1 aliphatic rings. The van der Waals surface area contributed by atoms with Crippen LogP contribution in [-0.4, -0.2) is 39.4 Å². The number of hydrogen-bond acceptors (Lipinski definition) is 3. The van der Waals surface area contributed by atoms with Crippen molar-refractivity contribution >= 4 is 45.9 Å². The Morgan fingerprint density at radius 3 is 2.67 bits per heavy atom. The Balaban J connectivity index is 0.00000364. The lowest BCUT2D eigenvalue weighted by Gasteiger charge is -2.40.